The molecule has 0 aliphatic carbocycles. The second kappa shape index (κ2) is 9.35. The van der Waals surface area contributed by atoms with E-state index in [1.807, 2.05) is 83.4 Å². The summed E-state index contributed by atoms with van der Waals surface area (Å²) in [4.78, 5) is 0. The highest BCUT2D eigenvalue weighted by molar-refractivity contribution is 7.99. The molecule has 0 fully saturated rings. The average Bonchev–Trinajstić information content (AvgIpc) is 3.17. The van der Waals surface area contributed by atoms with E-state index >= 15 is 0 Å². The zero-order valence-corrected chi connectivity index (χ0v) is 17.7. The van der Waals surface area contributed by atoms with Crippen molar-refractivity contribution in [3.63, 3.8) is 0 Å². The third kappa shape index (κ3) is 4.75. The number of rotatable bonds is 7. The van der Waals surface area contributed by atoms with Crippen molar-refractivity contribution in [1.29, 1.82) is 0 Å². The molecule has 0 amide bonds. The van der Waals surface area contributed by atoms with E-state index in [2.05, 4.69) is 10.2 Å². The fourth-order valence-corrected chi connectivity index (χ4v) is 3.89. The molecule has 4 rings (SSSR count). The summed E-state index contributed by atoms with van der Waals surface area (Å²) >= 11 is 13.8. The van der Waals surface area contributed by atoms with Gasteiger partial charge in [0, 0.05) is 22.0 Å². The fraction of sp³-hybridized carbons (Fsp3) is 0.0909. The maximum atomic E-state index is 6.14. The van der Waals surface area contributed by atoms with E-state index < -0.39 is 0 Å². The van der Waals surface area contributed by atoms with E-state index in [4.69, 9.17) is 27.9 Å². The highest BCUT2D eigenvalue weighted by Crippen LogP contribution is 2.29. The van der Waals surface area contributed by atoms with Crippen LogP contribution in [0.2, 0.25) is 10.0 Å². The van der Waals surface area contributed by atoms with Crippen molar-refractivity contribution in [3.8, 4) is 22.8 Å². The van der Waals surface area contributed by atoms with E-state index in [9.17, 15) is 0 Å². The SMILES string of the molecule is Clc1ccc(-n2c(SCCOc3ccccc3Cl)nnc2-c2ccccc2)cc1. The van der Waals surface area contributed by atoms with E-state index in [0.717, 1.165) is 22.2 Å². The summed E-state index contributed by atoms with van der Waals surface area (Å²) in [6, 6.07) is 25.1. The summed E-state index contributed by atoms with van der Waals surface area (Å²) in [5.41, 5.74) is 1.95. The van der Waals surface area contributed by atoms with Gasteiger partial charge < -0.3 is 4.74 Å². The first-order chi connectivity index (χ1) is 14.2. The van der Waals surface area contributed by atoms with Gasteiger partial charge in [-0.1, -0.05) is 77.4 Å². The minimum atomic E-state index is 0.503. The Hall–Kier alpha value is -2.47. The van der Waals surface area contributed by atoms with Crippen LogP contribution in [0.15, 0.2) is 84.0 Å². The number of thioether (sulfide) groups is 1. The summed E-state index contributed by atoms with van der Waals surface area (Å²) in [5.74, 6) is 2.16. The normalized spacial score (nSPS) is 10.8. The monoisotopic (exact) mass is 441 g/mol. The Labute approximate surface area is 183 Å². The van der Waals surface area contributed by atoms with Crippen molar-refractivity contribution in [2.75, 3.05) is 12.4 Å². The van der Waals surface area contributed by atoms with Gasteiger partial charge in [0.25, 0.3) is 0 Å². The summed E-state index contributed by atoms with van der Waals surface area (Å²) in [6.07, 6.45) is 0. The highest BCUT2D eigenvalue weighted by Gasteiger charge is 2.16. The van der Waals surface area contributed by atoms with Crippen LogP contribution >= 0.6 is 35.0 Å². The first-order valence-corrected chi connectivity index (χ1v) is 10.7. The molecule has 7 heteroatoms. The van der Waals surface area contributed by atoms with Gasteiger partial charge in [-0.2, -0.15) is 0 Å². The standard InChI is InChI=1S/C22H17Cl2N3OS/c23-17-10-12-18(13-11-17)27-21(16-6-2-1-3-7-16)25-26-22(27)29-15-14-28-20-9-5-4-8-19(20)24/h1-13H,14-15H2. The smallest absolute Gasteiger partial charge is 0.196 e. The molecule has 29 heavy (non-hydrogen) atoms. The van der Waals surface area contributed by atoms with Gasteiger partial charge in [-0.05, 0) is 36.4 Å². The average molecular weight is 442 g/mol. The second-order valence-corrected chi connectivity index (χ2v) is 8.02. The minimum Gasteiger partial charge on any atom is -0.491 e. The number of ether oxygens (including phenoxy) is 1. The van der Waals surface area contributed by atoms with Gasteiger partial charge in [-0.15, -0.1) is 10.2 Å². The summed E-state index contributed by atoms with van der Waals surface area (Å²) in [5, 5.41) is 10.9. The highest BCUT2D eigenvalue weighted by atomic mass is 35.5. The van der Waals surface area contributed by atoms with Crippen molar-refractivity contribution in [3.05, 3.63) is 88.9 Å². The Morgan fingerprint density at radius 1 is 0.828 bits per heavy atom. The van der Waals surface area contributed by atoms with Crippen LogP contribution in [0.3, 0.4) is 0 Å². The van der Waals surface area contributed by atoms with Gasteiger partial charge >= 0.3 is 0 Å². The van der Waals surface area contributed by atoms with Crippen molar-refractivity contribution >= 4 is 35.0 Å². The molecular formula is C22H17Cl2N3OS. The number of aromatic nitrogens is 3. The zero-order chi connectivity index (χ0) is 20.1. The van der Waals surface area contributed by atoms with Gasteiger partial charge in [-0.3, -0.25) is 4.57 Å². The maximum Gasteiger partial charge on any atom is 0.196 e. The van der Waals surface area contributed by atoms with E-state index in [-0.39, 0.29) is 0 Å². The van der Waals surface area contributed by atoms with Crippen molar-refractivity contribution in [2.24, 2.45) is 0 Å². The van der Waals surface area contributed by atoms with E-state index in [0.29, 0.717) is 28.2 Å². The zero-order valence-electron chi connectivity index (χ0n) is 15.3. The lowest BCUT2D eigenvalue weighted by Crippen LogP contribution is -2.03. The molecule has 0 spiro atoms. The number of para-hydroxylation sites is 1. The van der Waals surface area contributed by atoms with Gasteiger partial charge in [0.2, 0.25) is 0 Å². The molecule has 0 N–H and O–H groups in total. The summed E-state index contributed by atoms with van der Waals surface area (Å²) in [6.45, 7) is 0.503. The minimum absolute atomic E-state index is 0.503. The first kappa shape index (κ1) is 19.8. The molecule has 0 atom stereocenters. The molecule has 0 unspecified atom stereocenters. The molecule has 0 saturated carbocycles. The van der Waals surface area contributed by atoms with Crippen LogP contribution in [0.1, 0.15) is 0 Å². The summed E-state index contributed by atoms with van der Waals surface area (Å²) < 4.78 is 7.82. The molecule has 146 valence electrons. The van der Waals surface area contributed by atoms with Gasteiger partial charge in [0.1, 0.15) is 5.75 Å². The lowest BCUT2D eigenvalue weighted by atomic mass is 10.2. The van der Waals surface area contributed by atoms with Crippen LogP contribution in [0.5, 0.6) is 5.75 Å². The Balaban J connectivity index is 1.56. The molecule has 0 aliphatic heterocycles. The van der Waals surface area contributed by atoms with Crippen LogP contribution in [-0.4, -0.2) is 27.1 Å². The second-order valence-electron chi connectivity index (χ2n) is 6.11. The van der Waals surface area contributed by atoms with Gasteiger partial charge in [0.15, 0.2) is 11.0 Å². The Bertz CT molecular complexity index is 1080. The molecule has 0 bridgehead atoms. The molecule has 3 aromatic carbocycles. The lowest BCUT2D eigenvalue weighted by molar-refractivity contribution is 0.344. The Kier molecular flexibility index (Phi) is 6.39. The molecular weight excluding hydrogens is 425 g/mol. The molecule has 0 aliphatic rings. The van der Waals surface area contributed by atoms with Crippen molar-refractivity contribution in [1.82, 2.24) is 14.8 Å². The Morgan fingerprint density at radius 3 is 2.31 bits per heavy atom. The van der Waals surface area contributed by atoms with Crippen LogP contribution in [0.25, 0.3) is 17.1 Å². The van der Waals surface area contributed by atoms with E-state index in [1.54, 1.807) is 11.8 Å². The van der Waals surface area contributed by atoms with Crippen LogP contribution in [0, 0.1) is 0 Å². The molecule has 4 aromatic rings. The van der Waals surface area contributed by atoms with Crippen LogP contribution < -0.4 is 4.74 Å². The number of hydrogen-bond acceptors (Lipinski definition) is 4. The van der Waals surface area contributed by atoms with Gasteiger partial charge in [-0.25, -0.2) is 0 Å². The lowest BCUT2D eigenvalue weighted by Gasteiger charge is -2.11. The van der Waals surface area contributed by atoms with Crippen LogP contribution in [0.4, 0.5) is 0 Å². The predicted octanol–water partition coefficient (Wildman–Crippen LogP) is 6.41. The fourth-order valence-electron chi connectivity index (χ4n) is 2.81. The molecule has 4 nitrogen and oxygen atoms in total. The van der Waals surface area contributed by atoms with Gasteiger partial charge in [0.05, 0.1) is 11.6 Å². The predicted molar refractivity (Wildman–Crippen MR) is 119 cm³/mol. The molecule has 0 saturated heterocycles. The number of hydrogen-bond donors (Lipinski definition) is 0. The third-order valence-electron chi connectivity index (χ3n) is 4.16. The van der Waals surface area contributed by atoms with Crippen molar-refractivity contribution < 1.29 is 4.74 Å². The topological polar surface area (TPSA) is 39.9 Å². The number of halogens is 2. The van der Waals surface area contributed by atoms with Crippen LogP contribution in [-0.2, 0) is 0 Å². The number of nitrogens with zero attached hydrogens (tertiary/aromatic N) is 3. The quantitative estimate of drug-likeness (QED) is 0.245. The molecule has 0 radical (unpaired) electrons. The van der Waals surface area contributed by atoms with Crippen molar-refractivity contribution in [2.45, 2.75) is 5.16 Å². The molecule has 1 aromatic heterocycles. The first-order valence-electron chi connectivity index (χ1n) is 8.99. The van der Waals surface area contributed by atoms with E-state index in [1.165, 1.54) is 0 Å². The third-order valence-corrected chi connectivity index (χ3v) is 5.62. The maximum absolute atomic E-state index is 6.14. The largest absolute Gasteiger partial charge is 0.491 e. The molecule has 1 heterocycles. The number of benzene rings is 3. The Morgan fingerprint density at radius 2 is 1.55 bits per heavy atom. The summed E-state index contributed by atoms with van der Waals surface area (Å²) in [7, 11) is 0.